The predicted octanol–water partition coefficient (Wildman–Crippen LogP) is 6.42. The fourth-order valence-electron chi connectivity index (χ4n) is 0. The van der Waals surface area contributed by atoms with Crippen LogP contribution < -0.4 is 0 Å². The third-order valence-electron chi connectivity index (χ3n) is 0.287. The van der Waals surface area contributed by atoms with Gasteiger partial charge in [0.2, 0.25) is 0 Å². The van der Waals surface area contributed by atoms with Gasteiger partial charge in [-0.2, -0.15) is 0 Å². The summed E-state index contributed by atoms with van der Waals surface area (Å²) in [5, 5.41) is 0. The Bertz CT molecular complexity index is 178. The third-order valence-corrected chi connectivity index (χ3v) is 0.886. The first-order chi connectivity index (χ1) is 8.47. The van der Waals surface area contributed by atoms with E-state index >= 15 is 0 Å². The van der Waals surface area contributed by atoms with Crippen LogP contribution in [0.4, 0.5) is 0 Å². The van der Waals surface area contributed by atoms with Gasteiger partial charge in [0.1, 0.15) is 0 Å². The van der Waals surface area contributed by atoms with Crippen LogP contribution in [-0.4, -0.2) is 19.0 Å². The van der Waals surface area contributed by atoms with Gasteiger partial charge in [-0.15, -0.1) is 0 Å². The summed E-state index contributed by atoms with van der Waals surface area (Å²) in [6, 6.07) is 0. The van der Waals surface area contributed by atoms with Gasteiger partial charge < -0.3 is 0 Å². The van der Waals surface area contributed by atoms with Crippen molar-refractivity contribution in [2.24, 2.45) is 5.92 Å². The summed E-state index contributed by atoms with van der Waals surface area (Å²) in [5.41, 5.74) is 0. The second-order valence-electron chi connectivity index (χ2n) is 4.24. The molecule has 0 fully saturated rings. The monoisotopic (exact) mass is 830 g/mol. The topological polar surface area (TPSA) is 9.23 Å². The van der Waals surface area contributed by atoms with Crippen LogP contribution in [0.3, 0.4) is 0 Å². The van der Waals surface area contributed by atoms with Crippen LogP contribution in [0, 0.1) is 5.92 Å². The van der Waals surface area contributed by atoms with Crippen molar-refractivity contribution < 1.29 is 62.8 Å². The van der Waals surface area contributed by atoms with Crippen molar-refractivity contribution >= 4 is 11.9 Å². The van der Waals surface area contributed by atoms with Gasteiger partial charge >= 0.3 is 116 Å². The van der Waals surface area contributed by atoms with E-state index < -0.39 is 0 Å². The first-order valence-corrected chi connectivity index (χ1v) is 10.9. The van der Waals surface area contributed by atoms with Crippen LogP contribution in [0.1, 0.15) is 91.5 Å². The molecular formula is C18H46OW3. The van der Waals surface area contributed by atoms with E-state index in [9.17, 15) is 0 Å². The Morgan fingerprint density at radius 1 is 0.682 bits per heavy atom. The predicted molar refractivity (Wildman–Crippen MR) is 102 cm³/mol. The SMILES string of the molecule is C.C.C.CC.CC(C)C.CO[C](C)=[W].C[C](C)=[W].C[C](C)=[W]. The van der Waals surface area contributed by atoms with Gasteiger partial charge in [0.15, 0.2) is 0 Å². The molecule has 4 heteroatoms. The van der Waals surface area contributed by atoms with Crippen molar-refractivity contribution in [2.45, 2.75) is 91.5 Å². The molecule has 0 aromatic heterocycles. The summed E-state index contributed by atoms with van der Waals surface area (Å²) in [6.45, 7) is 20.9. The van der Waals surface area contributed by atoms with E-state index in [0.717, 1.165) is 10.0 Å². The molecule has 0 aromatic carbocycles. The molecule has 0 heterocycles. The average Bonchev–Trinajstić information content (AvgIpc) is 2.18. The molecule has 0 unspecified atom stereocenters. The Morgan fingerprint density at radius 3 is 0.727 bits per heavy atom. The van der Waals surface area contributed by atoms with E-state index in [1.807, 2.05) is 20.8 Å². The summed E-state index contributed by atoms with van der Waals surface area (Å²) in [5.74, 6) is 0.833. The normalized spacial score (nSPS) is 6.00. The van der Waals surface area contributed by atoms with E-state index in [0.29, 0.717) is 0 Å². The maximum absolute atomic E-state index is 4.70. The van der Waals surface area contributed by atoms with Crippen LogP contribution in [-0.2, 0) is 62.8 Å². The van der Waals surface area contributed by atoms with Gasteiger partial charge in [-0.25, -0.2) is 0 Å². The molecule has 0 N–H and O–H groups in total. The number of hydrogen-bond donors (Lipinski definition) is 0. The number of hydrogen-bond acceptors (Lipinski definition) is 1. The Hall–Kier alpha value is 1.63. The van der Waals surface area contributed by atoms with E-state index in [1.54, 1.807) is 45.8 Å². The van der Waals surface area contributed by atoms with Crippen LogP contribution >= 0.6 is 0 Å². The molecule has 0 aliphatic rings. The molecule has 0 aliphatic heterocycles. The van der Waals surface area contributed by atoms with E-state index in [4.69, 9.17) is 4.74 Å². The van der Waals surface area contributed by atoms with E-state index in [2.05, 4.69) is 48.5 Å². The number of methoxy groups -OCH3 is 1. The molecule has 0 bridgehead atoms. The molecule has 0 saturated carbocycles. The number of rotatable bonds is 1. The van der Waals surface area contributed by atoms with Crippen LogP contribution in [0.5, 0.6) is 0 Å². The summed E-state index contributed by atoms with van der Waals surface area (Å²) >= 11 is 4.59. The molecular weight excluding hydrogens is 784 g/mol. The zero-order valence-corrected chi connectivity index (χ0v) is 23.5. The van der Waals surface area contributed by atoms with Crippen LogP contribution in [0.15, 0.2) is 0 Å². The summed E-state index contributed by atoms with van der Waals surface area (Å²) in [6.07, 6.45) is 0. The molecule has 0 rings (SSSR count). The molecule has 0 saturated heterocycles. The van der Waals surface area contributed by atoms with Gasteiger partial charge in [0.25, 0.3) is 0 Å². The van der Waals surface area contributed by atoms with E-state index in [1.165, 1.54) is 27.1 Å². The van der Waals surface area contributed by atoms with Crippen molar-refractivity contribution in [1.82, 2.24) is 0 Å². The quantitative estimate of drug-likeness (QED) is 0.297. The van der Waals surface area contributed by atoms with Gasteiger partial charge in [-0.1, -0.05) is 56.9 Å². The average molecular weight is 830 g/mol. The molecule has 0 atom stereocenters. The molecule has 0 aliphatic carbocycles. The van der Waals surface area contributed by atoms with Crippen molar-refractivity contribution in [3.8, 4) is 0 Å². The van der Waals surface area contributed by atoms with Gasteiger partial charge in [0, 0.05) is 0 Å². The van der Waals surface area contributed by atoms with Crippen molar-refractivity contribution in [3.63, 3.8) is 0 Å². The first kappa shape index (κ1) is 49.5. The fraction of sp³-hybridized carbons (Fsp3) is 0.833. The molecule has 0 spiro atoms. The summed E-state index contributed by atoms with van der Waals surface area (Å²) in [7, 11) is 1.68. The Kier molecular flexibility index (Phi) is 111. The van der Waals surface area contributed by atoms with Crippen LogP contribution in [0.2, 0.25) is 0 Å². The molecule has 142 valence electrons. The molecule has 0 aromatic rings. The zero-order valence-electron chi connectivity index (χ0n) is 14.7. The molecule has 22 heavy (non-hydrogen) atoms. The van der Waals surface area contributed by atoms with Crippen molar-refractivity contribution in [2.75, 3.05) is 7.11 Å². The Morgan fingerprint density at radius 2 is 0.727 bits per heavy atom. The summed E-state index contributed by atoms with van der Waals surface area (Å²) < 4.78 is 8.79. The minimum atomic E-state index is 0. The first-order valence-electron chi connectivity index (χ1n) is 6.46. The van der Waals surface area contributed by atoms with Crippen LogP contribution in [0.25, 0.3) is 0 Å². The molecule has 0 amide bonds. The second-order valence-corrected chi connectivity index (χ2v) is 12.2. The number of ether oxygens (including phenoxy) is 1. The van der Waals surface area contributed by atoms with Gasteiger partial charge in [-0.3, -0.25) is 0 Å². The van der Waals surface area contributed by atoms with Gasteiger partial charge in [-0.05, 0) is 5.92 Å². The molecule has 0 radical (unpaired) electrons. The summed E-state index contributed by atoms with van der Waals surface area (Å²) in [4.78, 5) is 0. The second kappa shape index (κ2) is 49.5. The minimum absolute atomic E-state index is 0. The maximum atomic E-state index is 4.70. The van der Waals surface area contributed by atoms with Gasteiger partial charge in [0.05, 0.1) is 0 Å². The van der Waals surface area contributed by atoms with E-state index in [-0.39, 0.29) is 22.3 Å². The Balaban J connectivity index is -0.0000000183. The van der Waals surface area contributed by atoms with Crippen molar-refractivity contribution in [3.05, 3.63) is 0 Å². The van der Waals surface area contributed by atoms with Crippen molar-refractivity contribution in [1.29, 1.82) is 0 Å². The Labute approximate surface area is 178 Å². The molecule has 1 nitrogen and oxygen atoms in total. The zero-order chi connectivity index (χ0) is 17.0. The fourth-order valence-corrected chi connectivity index (χ4v) is 0. The third kappa shape index (κ3) is 697. The standard InChI is InChI=1S/C4H10.C3H6O.2C3H6.C2H6.3CH4.3W/c1-4(2)3;1-3-4-2;2*1-3-2;1-2;;;;;;/h4H,1-3H3;1-2H3;2*1-2H3;1-2H3;3*1H4;;;.